The Morgan fingerprint density at radius 3 is 3.06 bits per heavy atom. The molecule has 0 radical (unpaired) electrons. The lowest BCUT2D eigenvalue weighted by Crippen LogP contribution is -2.03. The molecule has 17 heavy (non-hydrogen) atoms. The highest BCUT2D eigenvalue weighted by molar-refractivity contribution is 5.77. The second-order valence-corrected chi connectivity index (χ2v) is 3.96. The number of benzene rings is 1. The number of ketones is 1. The molecule has 1 aromatic heterocycles. The predicted molar refractivity (Wildman–Crippen MR) is 65.2 cm³/mol. The fourth-order valence-electron chi connectivity index (χ4n) is 1.63. The van der Waals surface area contributed by atoms with Gasteiger partial charge in [-0.3, -0.25) is 4.98 Å². The number of anilines is 1. The first-order valence-electron chi connectivity index (χ1n) is 5.51. The third-order valence-electron chi connectivity index (χ3n) is 2.45. The molecule has 0 amide bonds. The molecule has 0 saturated heterocycles. The van der Waals surface area contributed by atoms with E-state index >= 15 is 0 Å². The van der Waals surface area contributed by atoms with Crippen LogP contribution in [0.25, 0.3) is 11.1 Å². The first-order chi connectivity index (χ1) is 8.15. The van der Waals surface area contributed by atoms with Gasteiger partial charge in [0.1, 0.15) is 5.78 Å². The molecule has 2 aromatic rings. The first-order valence-corrected chi connectivity index (χ1v) is 5.51. The Morgan fingerprint density at radius 1 is 1.47 bits per heavy atom. The summed E-state index contributed by atoms with van der Waals surface area (Å²) in [6, 6.07) is 5.39. The molecule has 2 rings (SSSR count). The zero-order chi connectivity index (χ0) is 12.3. The maximum absolute atomic E-state index is 11.0. The maximum atomic E-state index is 11.0. The molecule has 0 saturated carbocycles. The Bertz CT molecular complexity index is 583. The van der Waals surface area contributed by atoms with Gasteiger partial charge in [-0.25, -0.2) is 4.79 Å². The summed E-state index contributed by atoms with van der Waals surface area (Å²) < 4.78 is 4.90. The van der Waals surface area contributed by atoms with E-state index in [1.54, 1.807) is 13.0 Å². The molecule has 2 N–H and O–H groups in total. The van der Waals surface area contributed by atoms with E-state index in [9.17, 15) is 9.59 Å². The second kappa shape index (κ2) is 4.86. The molecule has 0 aliphatic rings. The number of nitrogens with one attached hydrogen (secondary N) is 2. The summed E-state index contributed by atoms with van der Waals surface area (Å²) in [5.74, 6) is -0.254. The molecule has 5 heteroatoms. The van der Waals surface area contributed by atoms with Crippen molar-refractivity contribution in [1.82, 2.24) is 4.98 Å². The number of rotatable bonds is 5. The maximum Gasteiger partial charge on any atom is 0.417 e. The highest BCUT2D eigenvalue weighted by Gasteiger charge is 2.01. The van der Waals surface area contributed by atoms with E-state index in [4.69, 9.17) is 4.42 Å². The molecular formula is C12H14N2O3. The van der Waals surface area contributed by atoms with Crippen LogP contribution >= 0.6 is 0 Å². The first kappa shape index (κ1) is 11.4. The van der Waals surface area contributed by atoms with Gasteiger partial charge in [0.15, 0.2) is 5.58 Å². The Labute approximate surface area is 97.8 Å². The van der Waals surface area contributed by atoms with Gasteiger partial charge < -0.3 is 14.5 Å². The van der Waals surface area contributed by atoms with Crippen molar-refractivity contribution >= 4 is 22.6 Å². The number of aromatic amines is 1. The van der Waals surface area contributed by atoms with Gasteiger partial charge in [0.05, 0.1) is 5.52 Å². The van der Waals surface area contributed by atoms with Crippen molar-refractivity contribution in [3.63, 3.8) is 0 Å². The van der Waals surface area contributed by atoms with E-state index in [-0.39, 0.29) is 5.78 Å². The van der Waals surface area contributed by atoms with Crippen molar-refractivity contribution < 1.29 is 9.21 Å². The lowest BCUT2D eigenvalue weighted by molar-refractivity contribution is -0.117. The minimum atomic E-state index is -0.450. The zero-order valence-electron chi connectivity index (χ0n) is 9.58. The summed E-state index contributed by atoms with van der Waals surface area (Å²) in [5.41, 5.74) is 2.12. The molecule has 0 aliphatic carbocycles. The molecule has 0 unspecified atom stereocenters. The van der Waals surface area contributed by atoms with Crippen molar-refractivity contribution in [2.45, 2.75) is 19.8 Å². The molecule has 0 aliphatic heterocycles. The average molecular weight is 234 g/mol. The Kier molecular flexibility index (Phi) is 3.27. The van der Waals surface area contributed by atoms with Crippen LogP contribution in [0.5, 0.6) is 0 Å². The van der Waals surface area contributed by atoms with Crippen LogP contribution in [-0.4, -0.2) is 17.3 Å². The summed E-state index contributed by atoms with van der Waals surface area (Å²) in [4.78, 5) is 24.3. The molecule has 1 aromatic carbocycles. The Hall–Kier alpha value is -2.04. The van der Waals surface area contributed by atoms with E-state index in [1.807, 2.05) is 12.1 Å². The normalized spacial score (nSPS) is 10.6. The van der Waals surface area contributed by atoms with E-state index in [1.165, 1.54) is 0 Å². The third-order valence-corrected chi connectivity index (χ3v) is 2.45. The monoisotopic (exact) mass is 234 g/mol. The van der Waals surface area contributed by atoms with Crippen LogP contribution < -0.4 is 11.1 Å². The third kappa shape index (κ3) is 2.96. The molecule has 0 spiro atoms. The average Bonchev–Trinajstić information content (AvgIpc) is 2.63. The molecule has 0 fully saturated rings. The number of hydrogen-bond acceptors (Lipinski definition) is 4. The highest BCUT2D eigenvalue weighted by atomic mass is 16.4. The highest BCUT2D eigenvalue weighted by Crippen LogP contribution is 2.15. The summed E-state index contributed by atoms with van der Waals surface area (Å²) in [5, 5.41) is 3.19. The largest absolute Gasteiger partial charge is 0.417 e. The van der Waals surface area contributed by atoms with Gasteiger partial charge in [-0.15, -0.1) is 0 Å². The number of carbonyl (C=O) groups is 1. The van der Waals surface area contributed by atoms with Crippen LogP contribution in [0.15, 0.2) is 27.4 Å². The number of Topliss-reactive ketones (excluding diaryl/α,β-unsaturated/α-hetero) is 1. The molecule has 1 heterocycles. The van der Waals surface area contributed by atoms with Crippen LogP contribution in [0.3, 0.4) is 0 Å². The smallest absolute Gasteiger partial charge is 0.408 e. The number of hydrogen-bond donors (Lipinski definition) is 2. The topological polar surface area (TPSA) is 75.1 Å². The van der Waals surface area contributed by atoms with Gasteiger partial charge in [0.2, 0.25) is 0 Å². The van der Waals surface area contributed by atoms with E-state index in [0.717, 1.165) is 18.7 Å². The van der Waals surface area contributed by atoms with Crippen molar-refractivity contribution in [1.29, 1.82) is 0 Å². The predicted octanol–water partition coefficient (Wildman–Crippen LogP) is 1.90. The number of H-pyrrole nitrogens is 1. The summed E-state index contributed by atoms with van der Waals surface area (Å²) in [7, 11) is 0. The molecule has 0 atom stereocenters. The molecular weight excluding hydrogens is 220 g/mol. The van der Waals surface area contributed by atoms with Crippen LogP contribution in [0.4, 0.5) is 5.69 Å². The summed E-state index contributed by atoms with van der Waals surface area (Å²) in [6.07, 6.45) is 1.38. The van der Waals surface area contributed by atoms with Crippen LogP contribution in [0.2, 0.25) is 0 Å². The number of carbonyl (C=O) groups excluding carboxylic acids is 1. The van der Waals surface area contributed by atoms with E-state index in [0.29, 0.717) is 17.5 Å². The second-order valence-electron chi connectivity index (χ2n) is 3.96. The van der Waals surface area contributed by atoms with Gasteiger partial charge in [-0.2, -0.15) is 0 Å². The van der Waals surface area contributed by atoms with Gasteiger partial charge in [0, 0.05) is 18.7 Å². The molecule has 90 valence electrons. The fourth-order valence-corrected chi connectivity index (χ4v) is 1.63. The van der Waals surface area contributed by atoms with Gasteiger partial charge in [-0.05, 0) is 31.5 Å². The van der Waals surface area contributed by atoms with Crippen LogP contribution in [0, 0.1) is 0 Å². The summed E-state index contributed by atoms with van der Waals surface area (Å²) in [6.45, 7) is 2.31. The lowest BCUT2D eigenvalue weighted by atomic mass is 10.2. The van der Waals surface area contributed by atoms with Gasteiger partial charge in [0.25, 0.3) is 0 Å². The molecule has 0 bridgehead atoms. The standard InChI is InChI=1S/C12H14N2O3/c1-8(15)3-2-6-13-9-4-5-11-10(7-9)14-12(16)17-11/h4-5,7,13H,2-3,6H2,1H3,(H,14,16). The van der Waals surface area contributed by atoms with Gasteiger partial charge >= 0.3 is 5.76 Å². The van der Waals surface area contributed by atoms with Crippen molar-refractivity contribution in [3.8, 4) is 0 Å². The van der Waals surface area contributed by atoms with Crippen molar-refractivity contribution in [2.75, 3.05) is 11.9 Å². The molecule has 5 nitrogen and oxygen atoms in total. The summed E-state index contributed by atoms with van der Waals surface area (Å²) >= 11 is 0. The quantitative estimate of drug-likeness (QED) is 0.775. The minimum Gasteiger partial charge on any atom is -0.408 e. The Balaban J connectivity index is 1.99. The van der Waals surface area contributed by atoms with E-state index in [2.05, 4.69) is 10.3 Å². The SMILES string of the molecule is CC(=O)CCCNc1ccc2oc(=O)[nH]c2c1. The Morgan fingerprint density at radius 2 is 2.29 bits per heavy atom. The van der Waals surface area contributed by atoms with E-state index < -0.39 is 5.76 Å². The van der Waals surface area contributed by atoms with Crippen molar-refractivity contribution in [2.24, 2.45) is 0 Å². The lowest BCUT2D eigenvalue weighted by Gasteiger charge is -2.04. The van der Waals surface area contributed by atoms with Crippen LogP contribution in [-0.2, 0) is 4.79 Å². The fraction of sp³-hybridized carbons (Fsp3) is 0.333. The van der Waals surface area contributed by atoms with Gasteiger partial charge in [-0.1, -0.05) is 0 Å². The minimum absolute atomic E-state index is 0.196. The number of oxazole rings is 1. The zero-order valence-corrected chi connectivity index (χ0v) is 9.58. The van der Waals surface area contributed by atoms with Crippen molar-refractivity contribution in [3.05, 3.63) is 28.7 Å². The number of fused-ring (bicyclic) bond motifs is 1. The number of aromatic nitrogens is 1. The van der Waals surface area contributed by atoms with Crippen LogP contribution in [0.1, 0.15) is 19.8 Å².